The second-order valence-electron chi connectivity index (χ2n) is 38.9. The van der Waals surface area contributed by atoms with Gasteiger partial charge in [0.2, 0.25) is 30.1 Å². The predicted octanol–water partition coefficient (Wildman–Crippen LogP) is 16.1. The molecule has 16 aromatic rings. The third-order valence-corrected chi connectivity index (χ3v) is 28.3. The number of nitrogens with zero attached hydrogens (tertiary/aromatic N) is 8. The quantitative estimate of drug-likeness (QED) is 0.0230. The van der Waals surface area contributed by atoms with Crippen molar-refractivity contribution in [1.29, 1.82) is 0 Å². The van der Waals surface area contributed by atoms with E-state index < -0.39 is 80.0 Å². The molecule has 12 heterocycles. The minimum absolute atomic E-state index is 0.112. The second-order valence-corrected chi connectivity index (χ2v) is 45.1. The molecule has 0 aliphatic carbocycles. The Labute approximate surface area is 867 Å². The van der Waals surface area contributed by atoms with Crippen molar-refractivity contribution in [3.63, 3.8) is 0 Å². The number of hydrogen-bond acceptors (Lipinski definition) is 24. The summed E-state index contributed by atoms with van der Waals surface area (Å²) in [7, 11) is -9.24. The van der Waals surface area contributed by atoms with E-state index in [1.807, 2.05) is 146 Å². The molecule has 0 atom stereocenters. The van der Waals surface area contributed by atoms with E-state index in [9.17, 15) is 68.7 Å². The summed E-state index contributed by atoms with van der Waals surface area (Å²) in [5, 5.41) is 19.5. The summed E-state index contributed by atoms with van der Waals surface area (Å²) in [5.41, 5.74) is 10.4. The topological polar surface area (TPSA) is 452 Å². The average molecular weight is 2140 g/mol. The Bertz CT molecular complexity index is 8220. The molecule has 8 aromatic carbocycles. The zero-order valence-corrected chi connectivity index (χ0v) is 89.1. The Morgan fingerprint density at radius 2 is 0.676 bits per heavy atom. The van der Waals surface area contributed by atoms with Gasteiger partial charge in [-0.25, -0.2) is 53.3 Å². The van der Waals surface area contributed by atoms with Gasteiger partial charge in [0.15, 0.2) is 0 Å². The summed E-state index contributed by atoms with van der Waals surface area (Å²) < 4.78 is 116. The molecule has 0 unspecified atom stereocenters. The van der Waals surface area contributed by atoms with Crippen molar-refractivity contribution >= 4 is 153 Å². The normalized spacial score (nSPS) is 14.6. The van der Waals surface area contributed by atoms with Crippen molar-refractivity contribution in [2.45, 2.75) is 118 Å². The van der Waals surface area contributed by atoms with Crippen LogP contribution in [0.1, 0.15) is 97.4 Å². The molecule has 7 N–H and O–H groups in total. The van der Waals surface area contributed by atoms with Gasteiger partial charge in [-0.05, 0) is 240 Å². The van der Waals surface area contributed by atoms with Crippen LogP contribution in [0.15, 0.2) is 238 Å². The molecule has 4 aliphatic heterocycles. The van der Waals surface area contributed by atoms with Crippen molar-refractivity contribution < 1.29 is 91.0 Å². The average Bonchev–Trinajstić information content (AvgIpc) is 1.60. The summed E-state index contributed by atoms with van der Waals surface area (Å²) >= 11 is 3.20. The zero-order chi connectivity index (χ0) is 107. The number of alkyl halides is 1. The van der Waals surface area contributed by atoms with Crippen molar-refractivity contribution in [1.82, 2.24) is 66.7 Å². The van der Waals surface area contributed by atoms with Gasteiger partial charge in [-0.3, -0.25) is 29.0 Å². The van der Waals surface area contributed by atoms with Crippen LogP contribution in [-0.4, -0.2) is 250 Å². The number of sulfonamides is 3. The predicted molar refractivity (Wildman–Crippen MR) is 575 cm³/mol. The van der Waals surface area contributed by atoms with E-state index in [2.05, 4.69) is 63.8 Å². The van der Waals surface area contributed by atoms with Crippen LogP contribution in [0, 0.1) is 0 Å². The number of rotatable bonds is 14. The number of aromatic nitrogens is 8. The number of nitrogens with one attached hydrogen (secondary N) is 6. The van der Waals surface area contributed by atoms with Crippen LogP contribution in [0.3, 0.4) is 0 Å². The van der Waals surface area contributed by atoms with Gasteiger partial charge in [0.25, 0.3) is 22.2 Å². The van der Waals surface area contributed by atoms with Crippen LogP contribution in [0.2, 0.25) is 0 Å². The number of carbonyl (C=O) groups excluding carboxylic acids is 4. The molecule has 0 bridgehead atoms. The van der Waals surface area contributed by atoms with E-state index in [-0.39, 0.29) is 35.3 Å². The molecule has 0 amide bonds. The molecule has 4 aliphatic rings. The summed E-state index contributed by atoms with van der Waals surface area (Å²) in [6.07, 6.45) is 7.21. The molecule has 0 radical (unpaired) electrons. The fourth-order valence-electron chi connectivity index (χ4n) is 17.5. The van der Waals surface area contributed by atoms with Gasteiger partial charge < -0.3 is 59.1 Å². The van der Waals surface area contributed by atoms with Crippen molar-refractivity contribution in [2.24, 2.45) is 0 Å². The maximum atomic E-state index is 13.4. The van der Waals surface area contributed by atoms with Gasteiger partial charge >= 0.3 is 40.8 Å². The molecule has 4 saturated heterocycles. The van der Waals surface area contributed by atoms with E-state index >= 15 is 0 Å². The van der Waals surface area contributed by atoms with Crippen LogP contribution < -0.4 is 27.6 Å². The van der Waals surface area contributed by atoms with E-state index in [0.29, 0.717) is 115 Å². The molecular weight excluding hydrogens is 2020 g/mol. The molecule has 4 fully saturated rings. The SMILES string of the molecule is C1CCOC1.CC(C)(C)OC(=O)n1c(-c2cc3ccccc3[nH]c2=O)cc2cc(CC=O)ccc21.CC(C)(C)OC(=O)n1c(-c2cc3ccccc3[nH]c2=O)cc2cc(CN3CCN(S(C)(=O)=O)CC3)ccc21.CC(C)(C)OC(=O)n1c(-c2cc3ccccc3[nH]c2=O)cc2cc(CO)ccc21.CCl.CS(=O)(=O)N1CCN(Cc2ccc3[nH]c(-c4cc5ccccc5[nH]c4=O)cc3c2)CC1.CS(=O)(=O)N1CCNCC1.[O]=[Mn]=[O]. The number of aldehydes is 1. The van der Waals surface area contributed by atoms with Gasteiger partial charge in [-0.2, -0.15) is 12.9 Å². The molecule has 783 valence electrons. The number of carbonyl (C=O) groups is 4. The Balaban J connectivity index is 0.000000155. The molecule has 0 saturated carbocycles. The summed E-state index contributed by atoms with van der Waals surface area (Å²) in [5.74, 6) is 0. The van der Waals surface area contributed by atoms with Crippen LogP contribution in [-0.2, 0) is 102 Å². The van der Waals surface area contributed by atoms with Crippen molar-refractivity contribution in [3.05, 3.63) is 282 Å². The fraction of sp³-hybridized carbons (Fsp3) is 0.333. The summed E-state index contributed by atoms with van der Waals surface area (Å²) in [4.78, 5) is 121. The molecule has 0 spiro atoms. The van der Waals surface area contributed by atoms with Crippen LogP contribution in [0.4, 0.5) is 14.4 Å². The van der Waals surface area contributed by atoms with Crippen LogP contribution in [0.5, 0.6) is 0 Å². The standard InChI is InChI=1S/C28H32N4O5S.C24H22N2O4.C23H24N4O3S.C23H22N2O4.C5H12N2O2S.C4H8O.CH3Cl.Mn.2O/c1-28(2,3)37-27(34)32-24-10-9-19(18-30-11-13-31(14-12-30)38(4,35)36)15-21(24)17-25(32)22-16-20-7-5-6-8-23(20)29-26(22)33;1-24(2,3)30-23(29)26-20-9-8-15(10-11-27)12-17(20)14-21(26)18-13-16-6-4-5-7-19(16)25-22(18)28;1-31(29,30)27-10-8-26(9-11-27)15-16-6-7-21-18(12-16)14-22(24-21)19-13-17-4-2-3-5-20(17)25-23(19)28;1-23(2,3)29-22(28)25-19-9-8-14(13-26)10-16(19)12-20(25)17-11-15-6-4-5-7-18(15)24-21(17)27;1-10(8,9)7-4-2-6-3-5-7;1-2-4-5-3-1;1-2;;;/h5-10,15-17H,11-14,18H2,1-4H3,(H,29,33);4-9,11-14H,10H2,1-3H3,(H,25,28);2-7,12-14,24H,8-11,15H2,1H3,(H,25,28);4-12,26H,13H2,1-3H3,(H,24,27);6H,2-5H2,1H3;1-4H2;1H3;;;. The van der Waals surface area contributed by atoms with Gasteiger partial charge in [-0.1, -0.05) is 97.1 Å². The number of aliphatic hydroxyl groups is 1. The molecule has 40 heteroatoms. The number of ether oxygens (including phenoxy) is 4. The number of aromatic amines is 5. The van der Waals surface area contributed by atoms with Gasteiger partial charge in [0, 0.05) is 167 Å². The van der Waals surface area contributed by atoms with Crippen molar-refractivity contribution in [2.75, 3.05) is 117 Å². The number of halogens is 1. The Kier molecular flexibility index (Phi) is 36.9. The number of pyridine rings is 4. The summed E-state index contributed by atoms with van der Waals surface area (Å²) in [6, 6.07) is 67.7. The number of H-pyrrole nitrogens is 5. The molecular formula is C108H123ClMnN14O21S3. The summed E-state index contributed by atoms with van der Waals surface area (Å²) in [6.45, 7) is 26.9. The van der Waals surface area contributed by atoms with E-state index in [4.69, 9.17) is 26.6 Å². The molecule has 35 nitrogen and oxygen atoms in total. The first-order chi connectivity index (χ1) is 70.3. The van der Waals surface area contributed by atoms with Crippen LogP contribution >= 0.6 is 11.6 Å². The minimum atomic E-state index is -3.19. The number of piperazine rings is 3. The first-order valence-corrected chi connectivity index (χ1v) is 55.2. The number of hydrogen-bond donors (Lipinski definition) is 7. The van der Waals surface area contributed by atoms with E-state index in [1.54, 1.807) is 123 Å². The van der Waals surface area contributed by atoms with E-state index in [1.165, 1.54) is 70.2 Å². The van der Waals surface area contributed by atoms with E-state index in [0.717, 1.165) is 145 Å². The Morgan fingerprint density at radius 1 is 0.378 bits per heavy atom. The number of fused-ring (bicyclic) bond motifs is 8. The number of benzene rings is 8. The van der Waals surface area contributed by atoms with Crippen molar-refractivity contribution in [3.8, 4) is 45.0 Å². The monoisotopic (exact) mass is 2140 g/mol. The number of para-hydroxylation sites is 4. The van der Waals surface area contributed by atoms with Crippen LogP contribution in [0.25, 0.3) is 132 Å². The van der Waals surface area contributed by atoms with Gasteiger partial charge in [-0.15, -0.1) is 11.6 Å². The Hall–Kier alpha value is -13.2. The maximum absolute atomic E-state index is 13.4. The molecule has 20 rings (SSSR count). The van der Waals surface area contributed by atoms with Gasteiger partial charge in [0.05, 0.1) is 87.0 Å². The third kappa shape index (κ3) is 29.0. The Morgan fingerprint density at radius 3 is 1.00 bits per heavy atom. The first kappa shape index (κ1) is 112. The van der Waals surface area contributed by atoms with Gasteiger partial charge in [0.1, 0.15) is 23.1 Å². The zero-order valence-electron chi connectivity index (χ0n) is 84.7. The number of aliphatic hydroxyl groups excluding tert-OH is 1. The third-order valence-electron chi connectivity index (χ3n) is 24.4. The second kappa shape index (κ2) is 48.8. The fourth-order valence-corrected chi connectivity index (χ4v) is 20.0. The molecule has 148 heavy (non-hydrogen) atoms. The molecule has 8 aromatic heterocycles. The first-order valence-electron chi connectivity index (χ1n) is 48.0.